The Morgan fingerprint density at radius 3 is 2.11 bits per heavy atom. The van der Waals surface area contributed by atoms with Gasteiger partial charge in [0.2, 0.25) is 5.91 Å². The van der Waals surface area contributed by atoms with Crippen molar-refractivity contribution in [2.45, 2.75) is 26.3 Å². The minimum atomic E-state index is -0.684. The monoisotopic (exact) mass is 372 g/mol. The van der Waals surface area contributed by atoms with Crippen LogP contribution in [0.3, 0.4) is 0 Å². The van der Waals surface area contributed by atoms with E-state index in [1.165, 1.54) is 0 Å². The maximum atomic E-state index is 13.0. The zero-order chi connectivity index (χ0) is 19.9. The molecule has 0 aliphatic carbocycles. The number of rotatable bonds is 6. The first-order valence-corrected chi connectivity index (χ1v) is 9.31. The summed E-state index contributed by atoms with van der Waals surface area (Å²) in [4.78, 5) is 25.6. The van der Waals surface area contributed by atoms with Gasteiger partial charge in [-0.05, 0) is 54.8 Å². The van der Waals surface area contributed by atoms with Crippen molar-refractivity contribution in [3.8, 4) is 0 Å². The molecule has 0 fully saturated rings. The third-order valence-corrected chi connectivity index (χ3v) is 4.71. The molecule has 28 heavy (non-hydrogen) atoms. The molecule has 3 aromatic carbocycles. The SMILES string of the molecule is Cc1ccc(NC(=O)[C@@H](Cc2ccccc2)NC(=O)c2ccccc2)cc1C. The van der Waals surface area contributed by atoms with E-state index in [4.69, 9.17) is 0 Å². The largest absolute Gasteiger partial charge is 0.340 e. The van der Waals surface area contributed by atoms with Gasteiger partial charge in [-0.1, -0.05) is 54.6 Å². The lowest BCUT2D eigenvalue weighted by Gasteiger charge is -2.19. The van der Waals surface area contributed by atoms with Crippen LogP contribution in [-0.4, -0.2) is 17.9 Å². The molecule has 3 aromatic rings. The standard InChI is InChI=1S/C24H24N2O2/c1-17-13-14-21(15-18(17)2)25-24(28)22(16-19-9-5-3-6-10-19)26-23(27)20-11-7-4-8-12-20/h3-15,22H,16H2,1-2H3,(H,25,28)(H,26,27)/t22-/m1/s1. The Morgan fingerprint density at radius 1 is 0.821 bits per heavy atom. The average Bonchev–Trinajstić information content (AvgIpc) is 2.71. The smallest absolute Gasteiger partial charge is 0.251 e. The molecule has 4 heteroatoms. The van der Waals surface area contributed by atoms with Crippen molar-refractivity contribution in [3.05, 3.63) is 101 Å². The van der Waals surface area contributed by atoms with Gasteiger partial charge in [0.25, 0.3) is 5.91 Å². The Kier molecular flexibility index (Phi) is 6.22. The molecule has 0 spiro atoms. The number of hydrogen-bond donors (Lipinski definition) is 2. The maximum Gasteiger partial charge on any atom is 0.251 e. The fraction of sp³-hybridized carbons (Fsp3) is 0.167. The topological polar surface area (TPSA) is 58.2 Å². The molecule has 0 aliphatic rings. The average molecular weight is 372 g/mol. The molecule has 0 saturated heterocycles. The van der Waals surface area contributed by atoms with E-state index in [-0.39, 0.29) is 11.8 Å². The van der Waals surface area contributed by atoms with E-state index < -0.39 is 6.04 Å². The minimum absolute atomic E-state index is 0.239. The Labute approximate surface area is 165 Å². The Bertz CT molecular complexity index is 953. The van der Waals surface area contributed by atoms with Gasteiger partial charge in [-0.15, -0.1) is 0 Å². The summed E-state index contributed by atoms with van der Waals surface area (Å²) >= 11 is 0. The molecule has 0 bridgehead atoms. The Balaban J connectivity index is 1.79. The van der Waals surface area contributed by atoms with Crippen LogP contribution in [-0.2, 0) is 11.2 Å². The number of carbonyl (C=O) groups is 2. The molecule has 0 aromatic heterocycles. The van der Waals surface area contributed by atoms with Crippen molar-refractivity contribution in [2.24, 2.45) is 0 Å². The highest BCUT2D eigenvalue weighted by molar-refractivity contribution is 6.01. The molecule has 0 heterocycles. The van der Waals surface area contributed by atoms with E-state index in [1.807, 2.05) is 68.4 Å². The number of hydrogen-bond acceptors (Lipinski definition) is 2. The summed E-state index contributed by atoms with van der Waals surface area (Å²) in [5.41, 5.74) is 4.50. The minimum Gasteiger partial charge on any atom is -0.340 e. The van der Waals surface area contributed by atoms with Crippen LogP contribution in [0.1, 0.15) is 27.0 Å². The van der Waals surface area contributed by atoms with Crippen LogP contribution in [0.15, 0.2) is 78.9 Å². The van der Waals surface area contributed by atoms with Gasteiger partial charge < -0.3 is 10.6 Å². The highest BCUT2D eigenvalue weighted by Crippen LogP contribution is 2.15. The molecule has 1 atom stereocenters. The van der Waals surface area contributed by atoms with Gasteiger partial charge in [-0.3, -0.25) is 9.59 Å². The fourth-order valence-electron chi connectivity index (χ4n) is 2.94. The fourth-order valence-corrected chi connectivity index (χ4v) is 2.94. The molecule has 0 aliphatic heterocycles. The van der Waals surface area contributed by atoms with Gasteiger partial charge in [0.15, 0.2) is 0 Å². The van der Waals surface area contributed by atoms with Crippen molar-refractivity contribution in [1.29, 1.82) is 0 Å². The summed E-state index contributed by atoms with van der Waals surface area (Å²) in [6.45, 7) is 4.03. The van der Waals surface area contributed by atoms with Crippen molar-refractivity contribution >= 4 is 17.5 Å². The van der Waals surface area contributed by atoms with E-state index >= 15 is 0 Å². The molecule has 0 unspecified atom stereocenters. The molecule has 0 radical (unpaired) electrons. The van der Waals surface area contributed by atoms with Gasteiger partial charge in [0.05, 0.1) is 0 Å². The molecule has 2 N–H and O–H groups in total. The first kappa shape index (κ1) is 19.4. The second-order valence-electron chi connectivity index (χ2n) is 6.87. The van der Waals surface area contributed by atoms with E-state index in [0.717, 1.165) is 22.4 Å². The van der Waals surface area contributed by atoms with Crippen LogP contribution in [0.25, 0.3) is 0 Å². The highest BCUT2D eigenvalue weighted by Gasteiger charge is 2.22. The van der Waals surface area contributed by atoms with Crippen molar-refractivity contribution in [3.63, 3.8) is 0 Å². The third kappa shape index (κ3) is 5.07. The van der Waals surface area contributed by atoms with Crippen LogP contribution < -0.4 is 10.6 Å². The number of nitrogens with one attached hydrogen (secondary N) is 2. The van der Waals surface area contributed by atoms with Gasteiger partial charge in [-0.2, -0.15) is 0 Å². The second-order valence-corrected chi connectivity index (χ2v) is 6.87. The summed E-state index contributed by atoms with van der Waals surface area (Å²) in [5.74, 6) is -0.506. The van der Waals surface area contributed by atoms with E-state index in [9.17, 15) is 9.59 Å². The third-order valence-electron chi connectivity index (χ3n) is 4.71. The lowest BCUT2D eigenvalue weighted by molar-refractivity contribution is -0.118. The summed E-state index contributed by atoms with van der Waals surface area (Å²) in [6.07, 6.45) is 0.413. The van der Waals surface area contributed by atoms with E-state index in [0.29, 0.717) is 12.0 Å². The molecule has 0 saturated carbocycles. The lowest BCUT2D eigenvalue weighted by atomic mass is 10.0. The first-order valence-electron chi connectivity index (χ1n) is 9.31. The Morgan fingerprint density at radius 2 is 1.46 bits per heavy atom. The molecule has 2 amide bonds. The molecular formula is C24H24N2O2. The van der Waals surface area contributed by atoms with Crippen LogP contribution in [0.2, 0.25) is 0 Å². The van der Waals surface area contributed by atoms with Crippen molar-refractivity contribution < 1.29 is 9.59 Å². The quantitative estimate of drug-likeness (QED) is 0.678. The Hall–Kier alpha value is -3.40. The number of carbonyl (C=O) groups excluding carboxylic acids is 2. The van der Waals surface area contributed by atoms with E-state index in [2.05, 4.69) is 10.6 Å². The van der Waals surface area contributed by atoms with Crippen molar-refractivity contribution in [2.75, 3.05) is 5.32 Å². The van der Waals surface area contributed by atoms with Gasteiger partial charge >= 0.3 is 0 Å². The van der Waals surface area contributed by atoms with Gasteiger partial charge in [0, 0.05) is 17.7 Å². The molecule has 4 nitrogen and oxygen atoms in total. The predicted molar refractivity (Wildman–Crippen MR) is 112 cm³/mol. The summed E-state index contributed by atoms with van der Waals surface area (Å²) < 4.78 is 0. The number of benzene rings is 3. The molecule has 142 valence electrons. The maximum absolute atomic E-state index is 13.0. The predicted octanol–water partition coefficient (Wildman–Crippen LogP) is 4.28. The van der Waals surface area contributed by atoms with Crippen LogP contribution in [0, 0.1) is 13.8 Å². The number of amides is 2. The number of aryl methyl sites for hydroxylation is 2. The van der Waals surface area contributed by atoms with Crippen LogP contribution >= 0.6 is 0 Å². The second kappa shape index (κ2) is 9.00. The summed E-state index contributed by atoms with van der Waals surface area (Å²) in [5, 5.41) is 5.81. The van der Waals surface area contributed by atoms with Gasteiger partial charge in [0.1, 0.15) is 6.04 Å². The van der Waals surface area contributed by atoms with Crippen LogP contribution in [0.4, 0.5) is 5.69 Å². The summed E-state index contributed by atoms with van der Waals surface area (Å²) in [7, 11) is 0. The zero-order valence-electron chi connectivity index (χ0n) is 16.1. The molecule has 3 rings (SSSR count). The van der Waals surface area contributed by atoms with Crippen molar-refractivity contribution in [1.82, 2.24) is 5.32 Å². The first-order chi connectivity index (χ1) is 13.5. The highest BCUT2D eigenvalue weighted by atomic mass is 16.2. The van der Waals surface area contributed by atoms with Crippen LogP contribution in [0.5, 0.6) is 0 Å². The molecular weight excluding hydrogens is 348 g/mol. The normalized spacial score (nSPS) is 11.5. The number of anilines is 1. The van der Waals surface area contributed by atoms with E-state index in [1.54, 1.807) is 24.3 Å². The van der Waals surface area contributed by atoms with Gasteiger partial charge in [-0.25, -0.2) is 0 Å². The lowest BCUT2D eigenvalue weighted by Crippen LogP contribution is -2.45. The summed E-state index contributed by atoms with van der Waals surface area (Å²) in [6, 6.07) is 23.7. The zero-order valence-corrected chi connectivity index (χ0v) is 16.1.